The lowest BCUT2D eigenvalue weighted by Gasteiger charge is -2.25. The first-order chi connectivity index (χ1) is 9.90. The molecule has 126 valence electrons. The van der Waals surface area contributed by atoms with E-state index in [9.17, 15) is 4.79 Å². The number of amides is 1. The molecule has 0 aromatic carbocycles. The highest BCUT2D eigenvalue weighted by Crippen LogP contribution is 2.09. The van der Waals surface area contributed by atoms with Gasteiger partial charge in [-0.15, -0.1) is 0 Å². The fraction of sp³-hybridized carbons (Fsp3) is 0.929. The maximum Gasteiger partial charge on any atom is 0.434 e. The van der Waals surface area contributed by atoms with Gasteiger partial charge in [0.2, 0.25) is 0 Å². The van der Waals surface area contributed by atoms with Crippen molar-refractivity contribution in [1.82, 2.24) is 5.06 Å². The number of hydrogen-bond donors (Lipinski definition) is 1. The summed E-state index contributed by atoms with van der Waals surface area (Å²) in [5, 5.41) is 9.73. The van der Waals surface area contributed by atoms with Crippen molar-refractivity contribution < 1.29 is 28.9 Å². The molecular formula is C14H29NO6. The van der Waals surface area contributed by atoms with Crippen LogP contribution in [-0.4, -0.2) is 68.1 Å². The number of carbonyl (C=O) groups is 1. The number of aliphatic hydroxyl groups excluding tert-OH is 1. The number of hydroxylamine groups is 2. The van der Waals surface area contributed by atoms with Gasteiger partial charge in [0.05, 0.1) is 26.4 Å². The van der Waals surface area contributed by atoms with E-state index in [0.29, 0.717) is 39.4 Å². The summed E-state index contributed by atoms with van der Waals surface area (Å²) < 4.78 is 15.7. The highest BCUT2D eigenvalue weighted by atomic mass is 16.7. The molecule has 0 aliphatic carbocycles. The molecule has 1 N–H and O–H groups in total. The zero-order valence-electron chi connectivity index (χ0n) is 13.6. The van der Waals surface area contributed by atoms with Crippen molar-refractivity contribution in [2.75, 3.05) is 46.2 Å². The van der Waals surface area contributed by atoms with Crippen molar-refractivity contribution in [2.45, 2.75) is 39.7 Å². The van der Waals surface area contributed by atoms with Crippen LogP contribution in [-0.2, 0) is 19.0 Å². The Kier molecular flexibility index (Phi) is 11.2. The third-order valence-electron chi connectivity index (χ3n) is 2.18. The molecule has 0 heterocycles. The Morgan fingerprint density at radius 1 is 1.05 bits per heavy atom. The van der Waals surface area contributed by atoms with Crippen LogP contribution in [0.25, 0.3) is 0 Å². The fourth-order valence-corrected chi connectivity index (χ4v) is 1.28. The number of carbonyl (C=O) groups excluding carboxylic acids is 1. The van der Waals surface area contributed by atoms with E-state index in [1.165, 1.54) is 5.06 Å². The van der Waals surface area contributed by atoms with Gasteiger partial charge in [-0.25, -0.2) is 4.79 Å². The molecule has 0 radical (unpaired) electrons. The van der Waals surface area contributed by atoms with E-state index < -0.39 is 11.7 Å². The highest BCUT2D eigenvalue weighted by molar-refractivity contribution is 5.66. The maximum absolute atomic E-state index is 11.8. The van der Waals surface area contributed by atoms with Crippen molar-refractivity contribution in [1.29, 1.82) is 0 Å². The van der Waals surface area contributed by atoms with Gasteiger partial charge in [-0.2, -0.15) is 5.06 Å². The molecule has 7 heteroatoms. The minimum absolute atomic E-state index is 0.131. The van der Waals surface area contributed by atoms with E-state index in [4.69, 9.17) is 24.2 Å². The molecule has 0 aliphatic heterocycles. The van der Waals surface area contributed by atoms with Crippen LogP contribution < -0.4 is 0 Å². The summed E-state index contributed by atoms with van der Waals surface area (Å²) in [6.07, 6.45) is 0.127. The summed E-state index contributed by atoms with van der Waals surface area (Å²) in [6, 6.07) is 0. The van der Waals surface area contributed by atoms with Gasteiger partial charge in [0, 0.05) is 19.8 Å². The molecule has 0 unspecified atom stereocenters. The molecule has 21 heavy (non-hydrogen) atoms. The topological polar surface area (TPSA) is 77.5 Å². The lowest BCUT2D eigenvalue weighted by Crippen LogP contribution is -2.37. The number of ether oxygens (including phenoxy) is 3. The highest BCUT2D eigenvalue weighted by Gasteiger charge is 2.21. The molecule has 7 nitrogen and oxygen atoms in total. The molecule has 0 aliphatic rings. The largest absolute Gasteiger partial charge is 0.442 e. The first kappa shape index (κ1) is 20.1. The Hall–Kier alpha value is -0.890. The van der Waals surface area contributed by atoms with Gasteiger partial charge in [0.1, 0.15) is 5.60 Å². The molecule has 0 aromatic rings. The Labute approximate surface area is 127 Å². The summed E-state index contributed by atoms with van der Waals surface area (Å²) in [5.41, 5.74) is -0.545. The molecule has 0 bridgehead atoms. The monoisotopic (exact) mass is 307 g/mol. The Morgan fingerprint density at radius 2 is 1.62 bits per heavy atom. The Bertz CT molecular complexity index is 267. The molecule has 0 fully saturated rings. The van der Waals surface area contributed by atoms with Crippen LogP contribution in [0, 0.1) is 0 Å². The van der Waals surface area contributed by atoms with E-state index in [2.05, 4.69) is 0 Å². The quantitative estimate of drug-likeness (QED) is 0.461. The van der Waals surface area contributed by atoms with Gasteiger partial charge in [0.25, 0.3) is 0 Å². The second kappa shape index (κ2) is 11.7. The van der Waals surface area contributed by atoms with E-state index in [1.807, 2.05) is 0 Å². The van der Waals surface area contributed by atoms with Crippen molar-refractivity contribution in [3.8, 4) is 0 Å². The summed E-state index contributed by atoms with van der Waals surface area (Å²) in [6.45, 7) is 9.84. The second-order valence-corrected chi connectivity index (χ2v) is 5.31. The van der Waals surface area contributed by atoms with Gasteiger partial charge in [-0.3, -0.25) is 4.84 Å². The first-order valence-corrected chi connectivity index (χ1v) is 7.30. The van der Waals surface area contributed by atoms with Crippen molar-refractivity contribution in [3.63, 3.8) is 0 Å². The van der Waals surface area contributed by atoms with E-state index in [-0.39, 0.29) is 13.2 Å². The molecule has 0 spiro atoms. The van der Waals surface area contributed by atoms with Crippen LogP contribution in [0.5, 0.6) is 0 Å². The predicted molar refractivity (Wildman–Crippen MR) is 77.9 cm³/mol. The SMILES string of the molecule is CCN(OCCOCCOCCCO)C(=O)OC(C)(C)C. The third kappa shape index (κ3) is 12.6. The van der Waals surface area contributed by atoms with E-state index in [1.54, 1.807) is 27.7 Å². The van der Waals surface area contributed by atoms with E-state index in [0.717, 1.165) is 0 Å². The minimum Gasteiger partial charge on any atom is -0.442 e. The molecule has 0 saturated carbocycles. The third-order valence-corrected chi connectivity index (χ3v) is 2.18. The number of rotatable bonds is 11. The second-order valence-electron chi connectivity index (χ2n) is 5.31. The van der Waals surface area contributed by atoms with Gasteiger partial charge in [0.15, 0.2) is 0 Å². The summed E-state index contributed by atoms with van der Waals surface area (Å²) in [4.78, 5) is 17.1. The van der Waals surface area contributed by atoms with Crippen molar-refractivity contribution in [2.24, 2.45) is 0 Å². The average Bonchev–Trinajstić information content (AvgIpc) is 2.39. The number of nitrogens with zero attached hydrogens (tertiary/aromatic N) is 1. The zero-order chi connectivity index (χ0) is 16.1. The molecular weight excluding hydrogens is 278 g/mol. The molecule has 0 saturated heterocycles. The molecule has 0 atom stereocenters. The fourth-order valence-electron chi connectivity index (χ4n) is 1.28. The lowest BCUT2D eigenvalue weighted by atomic mass is 10.2. The standard InChI is InChI=1S/C14H29NO6/c1-5-15(13(17)21-14(2,3)4)20-12-11-19-10-9-18-8-6-7-16/h16H,5-12H2,1-4H3. The van der Waals surface area contributed by atoms with Gasteiger partial charge in [-0.1, -0.05) is 0 Å². The lowest BCUT2D eigenvalue weighted by molar-refractivity contribution is -0.155. The number of aliphatic hydroxyl groups is 1. The maximum atomic E-state index is 11.8. The van der Waals surface area contributed by atoms with Gasteiger partial charge >= 0.3 is 6.09 Å². The predicted octanol–water partition coefficient (Wildman–Crippen LogP) is 1.59. The van der Waals surface area contributed by atoms with Crippen LogP contribution >= 0.6 is 0 Å². The summed E-state index contributed by atoms with van der Waals surface area (Å²) in [5.74, 6) is 0. The average molecular weight is 307 g/mol. The van der Waals surface area contributed by atoms with Crippen LogP contribution in [0.4, 0.5) is 4.79 Å². The summed E-state index contributed by atoms with van der Waals surface area (Å²) in [7, 11) is 0. The molecule has 0 rings (SSSR count). The number of hydrogen-bond acceptors (Lipinski definition) is 6. The van der Waals surface area contributed by atoms with Gasteiger partial charge < -0.3 is 19.3 Å². The van der Waals surface area contributed by atoms with Crippen molar-refractivity contribution in [3.05, 3.63) is 0 Å². The minimum atomic E-state index is -0.545. The van der Waals surface area contributed by atoms with Gasteiger partial charge in [-0.05, 0) is 34.1 Å². The van der Waals surface area contributed by atoms with Crippen LogP contribution in [0.1, 0.15) is 34.1 Å². The normalized spacial score (nSPS) is 11.5. The first-order valence-electron chi connectivity index (χ1n) is 7.30. The Morgan fingerprint density at radius 3 is 2.14 bits per heavy atom. The van der Waals surface area contributed by atoms with Crippen LogP contribution in [0.3, 0.4) is 0 Å². The Balaban J connectivity index is 3.62. The van der Waals surface area contributed by atoms with Crippen LogP contribution in [0.2, 0.25) is 0 Å². The smallest absolute Gasteiger partial charge is 0.434 e. The van der Waals surface area contributed by atoms with E-state index >= 15 is 0 Å². The zero-order valence-corrected chi connectivity index (χ0v) is 13.6. The summed E-state index contributed by atoms with van der Waals surface area (Å²) >= 11 is 0. The van der Waals surface area contributed by atoms with Crippen LogP contribution in [0.15, 0.2) is 0 Å². The molecule has 0 aromatic heterocycles. The molecule has 1 amide bonds. The van der Waals surface area contributed by atoms with Crippen molar-refractivity contribution >= 4 is 6.09 Å².